The van der Waals surface area contributed by atoms with Crippen LogP contribution >= 0.6 is 0 Å². The number of hydrazine groups is 1. The number of nitro groups is 1. The van der Waals surface area contributed by atoms with E-state index in [4.69, 9.17) is 4.74 Å². The molecule has 54 heavy (non-hydrogen) atoms. The van der Waals surface area contributed by atoms with Gasteiger partial charge in [0.05, 0.1) is 45.7 Å². The maximum atomic E-state index is 15.4. The molecule has 3 heterocycles. The minimum Gasteiger partial charge on any atom is -0.508 e. The average Bonchev–Trinajstić information content (AvgIpc) is 3.56. The number of anilines is 2. The summed E-state index contributed by atoms with van der Waals surface area (Å²) >= 11 is 0. The number of carbonyl (C=O) groups excluding carboxylic acids is 4. The number of hydrogen-bond acceptors (Lipinski definition) is 9. The number of fused-ring (bicyclic) bond motifs is 5. The lowest BCUT2D eigenvalue weighted by atomic mass is 9.48. The van der Waals surface area contributed by atoms with Crippen molar-refractivity contribution >= 4 is 40.7 Å². The fourth-order valence-corrected chi connectivity index (χ4v) is 9.56. The van der Waals surface area contributed by atoms with Crippen LogP contribution in [0.3, 0.4) is 0 Å². The fraction of sp³-hybridized carbons (Fsp3) is 0.238. The largest absolute Gasteiger partial charge is 0.508 e. The van der Waals surface area contributed by atoms with Crippen molar-refractivity contribution in [2.24, 2.45) is 29.6 Å². The number of phenols is 1. The Labute approximate surface area is 309 Å². The van der Waals surface area contributed by atoms with Gasteiger partial charge in [0.25, 0.3) is 17.5 Å². The van der Waals surface area contributed by atoms with Crippen molar-refractivity contribution in [3.63, 3.8) is 0 Å². The molecular formula is C42H34N4O8. The van der Waals surface area contributed by atoms with Crippen LogP contribution in [0.25, 0.3) is 0 Å². The van der Waals surface area contributed by atoms with Gasteiger partial charge in [0.15, 0.2) is 0 Å². The van der Waals surface area contributed by atoms with Gasteiger partial charge in [-0.2, -0.15) is 5.01 Å². The van der Waals surface area contributed by atoms with E-state index < -0.39 is 63.6 Å². The molecule has 3 fully saturated rings. The van der Waals surface area contributed by atoms with Crippen LogP contribution in [0.5, 0.6) is 11.5 Å². The third kappa shape index (κ3) is 4.82. The number of phenolic OH excluding ortho intramolecular Hbond substituents is 1. The van der Waals surface area contributed by atoms with E-state index in [0.29, 0.717) is 28.1 Å². The normalized spacial score (nSPS) is 26.9. The first-order chi connectivity index (χ1) is 26.1. The average molecular weight is 723 g/mol. The molecule has 0 aromatic heterocycles. The van der Waals surface area contributed by atoms with E-state index in [2.05, 4.69) is 5.43 Å². The van der Waals surface area contributed by atoms with Crippen LogP contribution in [0, 0.1) is 46.6 Å². The standard InChI is InChI=1S/C42H34N4O8/c1-23-10-12-27(13-11-23)43-45-39(49)34-21-33-31(15-16-32-36(33)40(50)44(38(32)48)28-8-5-9-29(20-28)46(52)53)37(42(34,41(45)51)26-6-3-2-4-7-26)25-18-24-19-30(47)14-17-35(24)54-22-25/h2-15,17,19-20,22,32-34,36-37,43,47H,16,18,21H2,1H3. The van der Waals surface area contributed by atoms with Crippen LogP contribution < -0.4 is 15.1 Å². The van der Waals surface area contributed by atoms with Gasteiger partial charge in [-0.1, -0.05) is 65.7 Å². The summed E-state index contributed by atoms with van der Waals surface area (Å²) in [6.45, 7) is 1.94. The van der Waals surface area contributed by atoms with Gasteiger partial charge in [-0.25, -0.2) is 4.90 Å². The number of imide groups is 2. The number of nitrogens with zero attached hydrogens (tertiary/aromatic N) is 3. The number of carbonyl (C=O) groups is 4. The molecule has 9 rings (SSSR count). The van der Waals surface area contributed by atoms with Crippen LogP contribution in [0.2, 0.25) is 0 Å². The molecule has 0 bridgehead atoms. The molecule has 4 aromatic rings. The zero-order valence-corrected chi connectivity index (χ0v) is 29.0. The molecule has 0 spiro atoms. The Balaban J connectivity index is 1.21. The molecule has 2 saturated heterocycles. The van der Waals surface area contributed by atoms with Crippen molar-refractivity contribution in [2.75, 3.05) is 10.3 Å². The van der Waals surface area contributed by atoms with E-state index in [1.54, 1.807) is 30.5 Å². The molecule has 1 saturated carbocycles. The highest BCUT2D eigenvalue weighted by Crippen LogP contribution is 2.63. The van der Waals surface area contributed by atoms with Gasteiger partial charge in [-0.05, 0) is 73.2 Å². The molecule has 6 atom stereocenters. The molecule has 270 valence electrons. The Bertz CT molecular complexity index is 2360. The summed E-state index contributed by atoms with van der Waals surface area (Å²) in [6.07, 6.45) is 4.14. The van der Waals surface area contributed by atoms with Crippen LogP contribution in [-0.2, 0) is 31.0 Å². The van der Waals surface area contributed by atoms with Crippen LogP contribution in [0.15, 0.2) is 121 Å². The highest BCUT2D eigenvalue weighted by Gasteiger charge is 2.70. The number of benzene rings is 4. The number of rotatable bonds is 6. The van der Waals surface area contributed by atoms with Gasteiger partial charge < -0.3 is 9.84 Å². The summed E-state index contributed by atoms with van der Waals surface area (Å²) < 4.78 is 6.17. The summed E-state index contributed by atoms with van der Waals surface area (Å²) in [5.74, 6) is -5.29. The second kappa shape index (κ2) is 12.3. The first-order valence-electron chi connectivity index (χ1n) is 17.8. The van der Waals surface area contributed by atoms with Gasteiger partial charge in [0, 0.05) is 30.0 Å². The van der Waals surface area contributed by atoms with E-state index in [-0.39, 0.29) is 36.4 Å². The van der Waals surface area contributed by atoms with E-state index >= 15 is 4.79 Å². The van der Waals surface area contributed by atoms with Crippen molar-refractivity contribution in [1.82, 2.24) is 5.01 Å². The highest BCUT2D eigenvalue weighted by molar-refractivity contribution is 6.22. The van der Waals surface area contributed by atoms with Gasteiger partial charge in [-0.15, -0.1) is 0 Å². The Morgan fingerprint density at radius 3 is 2.43 bits per heavy atom. The molecule has 5 aliphatic rings. The lowest BCUT2D eigenvalue weighted by Gasteiger charge is -2.51. The van der Waals surface area contributed by atoms with Gasteiger partial charge in [-0.3, -0.25) is 34.7 Å². The second-order valence-electron chi connectivity index (χ2n) is 14.7. The molecule has 3 aliphatic heterocycles. The minimum atomic E-state index is -1.47. The number of nitrogens with one attached hydrogen (secondary N) is 1. The van der Waals surface area contributed by atoms with E-state index in [1.165, 1.54) is 30.3 Å². The fourth-order valence-electron chi connectivity index (χ4n) is 9.56. The third-order valence-corrected chi connectivity index (χ3v) is 11.8. The van der Waals surface area contributed by atoms with Gasteiger partial charge in [0.2, 0.25) is 11.8 Å². The second-order valence-corrected chi connectivity index (χ2v) is 14.7. The number of hydrogen-bond donors (Lipinski definition) is 2. The maximum absolute atomic E-state index is 15.4. The van der Waals surface area contributed by atoms with Crippen molar-refractivity contribution < 1.29 is 33.9 Å². The molecule has 0 radical (unpaired) electrons. The van der Waals surface area contributed by atoms with Crippen molar-refractivity contribution in [2.45, 2.75) is 31.6 Å². The number of allylic oxidation sites excluding steroid dienone is 3. The summed E-state index contributed by atoms with van der Waals surface area (Å²) in [6, 6.07) is 26.8. The molecule has 2 N–H and O–H groups in total. The topological polar surface area (TPSA) is 159 Å². The highest BCUT2D eigenvalue weighted by atomic mass is 16.6. The zero-order chi connectivity index (χ0) is 37.5. The Morgan fingerprint density at radius 2 is 1.67 bits per heavy atom. The van der Waals surface area contributed by atoms with E-state index in [0.717, 1.165) is 21.0 Å². The number of ether oxygens (including phenoxy) is 1. The first-order valence-corrected chi connectivity index (χ1v) is 17.8. The number of non-ortho nitro benzene ring substituents is 1. The lowest BCUT2D eigenvalue weighted by molar-refractivity contribution is -0.384. The van der Waals surface area contributed by atoms with Crippen LogP contribution in [-0.4, -0.2) is 38.7 Å². The Morgan fingerprint density at radius 1 is 0.889 bits per heavy atom. The van der Waals surface area contributed by atoms with E-state index in [1.807, 2.05) is 55.5 Å². The van der Waals surface area contributed by atoms with Crippen molar-refractivity contribution in [1.29, 1.82) is 0 Å². The van der Waals surface area contributed by atoms with Crippen LogP contribution in [0.1, 0.15) is 29.5 Å². The molecule has 4 amide bonds. The molecule has 2 aliphatic carbocycles. The summed E-state index contributed by atoms with van der Waals surface area (Å²) in [4.78, 5) is 71.0. The maximum Gasteiger partial charge on any atom is 0.271 e. The monoisotopic (exact) mass is 722 g/mol. The number of nitro benzene ring substituents is 1. The molecule has 12 nitrogen and oxygen atoms in total. The third-order valence-electron chi connectivity index (χ3n) is 11.8. The minimum absolute atomic E-state index is 0.0485. The first kappa shape index (κ1) is 33.3. The van der Waals surface area contributed by atoms with Crippen molar-refractivity contribution in [3.05, 3.63) is 147 Å². The van der Waals surface area contributed by atoms with E-state index in [9.17, 15) is 29.6 Å². The smallest absolute Gasteiger partial charge is 0.271 e. The predicted octanol–water partition coefficient (Wildman–Crippen LogP) is 6.15. The van der Waals surface area contributed by atoms with Crippen LogP contribution in [0.4, 0.5) is 17.1 Å². The van der Waals surface area contributed by atoms with Crippen molar-refractivity contribution in [3.8, 4) is 11.5 Å². The zero-order valence-electron chi connectivity index (χ0n) is 29.0. The Kier molecular flexibility index (Phi) is 7.56. The molecular weight excluding hydrogens is 688 g/mol. The molecule has 4 aromatic carbocycles. The lowest BCUT2D eigenvalue weighted by Crippen LogP contribution is -2.55. The number of amides is 4. The number of aromatic hydroxyl groups is 1. The number of aryl methyl sites for hydroxylation is 1. The summed E-state index contributed by atoms with van der Waals surface area (Å²) in [5, 5.41) is 23.2. The molecule has 12 heteroatoms. The van der Waals surface area contributed by atoms with Gasteiger partial charge in [0.1, 0.15) is 11.5 Å². The summed E-state index contributed by atoms with van der Waals surface area (Å²) in [5.41, 5.74) is 5.80. The van der Waals surface area contributed by atoms with Gasteiger partial charge >= 0.3 is 0 Å². The predicted molar refractivity (Wildman–Crippen MR) is 196 cm³/mol. The SMILES string of the molecule is Cc1ccc(NN2C(=O)C3CC4C(=CCC5C(=O)N(c6cccc([N+](=O)[O-])c6)C(=O)C54)C(C4=COc5ccc(O)cc5C4)C3(c3ccccc3)C2=O)cc1. The summed E-state index contributed by atoms with van der Waals surface area (Å²) in [7, 11) is 0. The Hall–Kier alpha value is -6.56. The molecule has 6 unspecified atom stereocenters. The quantitative estimate of drug-likeness (QED) is 0.103.